The van der Waals surface area contributed by atoms with Crippen molar-refractivity contribution in [3.8, 4) is 0 Å². The maximum absolute atomic E-state index is 15.7. The first-order valence-corrected chi connectivity index (χ1v) is 42.8. The van der Waals surface area contributed by atoms with E-state index in [9.17, 15) is 68.4 Å². The number of carboxylic acids is 3. The van der Waals surface area contributed by atoms with Crippen LogP contribution in [0.2, 0.25) is 0 Å². The topological polar surface area (TPSA) is 650 Å². The number of aliphatic hydroxyl groups excluding tert-OH is 1. The second-order valence-corrected chi connectivity index (χ2v) is 31.6. The van der Waals surface area contributed by atoms with Gasteiger partial charge in [-0.15, -0.1) is 0 Å². The summed E-state index contributed by atoms with van der Waals surface area (Å²) in [6.45, 7) is -1.23. The van der Waals surface area contributed by atoms with Crippen LogP contribution in [-0.4, -0.2) is 346 Å². The number of likely N-dealkylation sites (tertiary alicyclic amines) is 1. The summed E-state index contributed by atoms with van der Waals surface area (Å²) in [5.74, 6) is -12.4. The van der Waals surface area contributed by atoms with Crippen LogP contribution in [0.5, 0.6) is 0 Å². The van der Waals surface area contributed by atoms with E-state index in [0.717, 1.165) is 0 Å². The number of ether oxygens (including phenoxy) is 1. The second kappa shape index (κ2) is 51.3. The van der Waals surface area contributed by atoms with Gasteiger partial charge in [0, 0.05) is 161 Å². The number of likely N-dealkylation sites (N-methyl/N-ethyl adjacent to an activating group) is 1. The fourth-order valence-corrected chi connectivity index (χ4v) is 15.2. The Bertz CT molecular complexity index is 4980. The van der Waals surface area contributed by atoms with E-state index in [2.05, 4.69) is 83.7 Å². The molecule has 130 heavy (non-hydrogen) atoms. The number of imidazole rings is 1. The highest BCUT2D eigenvalue weighted by molar-refractivity contribution is 6.09. The highest BCUT2D eigenvalue weighted by Gasteiger charge is 2.41. The van der Waals surface area contributed by atoms with E-state index in [1.165, 1.54) is 24.5 Å². The molecule has 25 N–H and O–H groups in total. The number of hydrogen-bond donors (Lipinski definition) is 23. The fourth-order valence-electron chi connectivity index (χ4n) is 15.2. The minimum atomic E-state index is -1.83. The smallest absolute Gasteiger partial charge is 0.317 e. The van der Waals surface area contributed by atoms with Crippen LogP contribution in [0.15, 0.2) is 128 Å². The maximum Gasteiger partial charge on any atom is 0.317 e. The number of H-pyrrole nitrogens is 3. The molecule has 5 heterocycles. The monoisotopic (exact) mass is 1800 g/mol. The predicted octanol–water partition coefficient (Wildman–Crippen LogP) is -4.32. The molecule has 0 radical (unpaired) electrons. The molecule has 0 saturated carbocycles. The highest BCUT2D eigenvalue weighted by atomic mass is 16.5. The zero-order valence-corrected chi connectivity index (χ0v) is 72.2. The van der Waals surface area contributed by atoms with Gasteiger partial charge >= 0.3 is 17.9 Å². The summed E-state index contributed by atoms with van der Waals surface area (Å²) in [6.07, 6.45) is 5.50. The molecular weight excluding hydrogens is 1690 g/mol. The normalized spacial score (nSPS) is 15.8. The average molecular weight is 1810 g/mol. The number of nitrogens with zero attached hydrogens (tertiary/aromatic N) is 6. The lowest BCUT2D eigenvalue weighted by molar-refractivity contribution is -0.142. The van der Waals surface area contributed by atoms with Crippen molar-refractivity contribution in [3.63, 3.8) is 0 Å². The van der Waals surface area contributed by atoms with Crippen LogP contribution >= 0.6 is 0 Å². The van der Waals surface area contributed by atoms with Crippen LogP contribution in [0.3, 0.4) is 0 Å². The number of nitrogens with one attached hydrogen (secondary N) is 17. The number of nitrogens with two attached hydrogens (primary N) is 2. The third-order valence-corrected chi connectivity index (χ3v) is 21.9. The van der Waals surface area contributed by atoms with Crippen molar-refractivity contribution in [2.75, 3.05) is 138 Å². The lowest BCUT2D eigenvalue weighted by Crippen LogP contribution is -2.61. The largest absolute Gasteiger partial charge is 0.480 e. The molecule has 0 aliphatic carbocycles. The molecule has 44 heteroatoms. The van der Waals surface area contributed by atoms with Gasteiger partial charge in [0.2, 0.25) is 59.1 Å². The van der Waals surface area contributed by atoms with E-state index in [1.807, 2.05) is 0 Å². The van der Waals surface area contributed by atoms with E-state index >= 15 is 19.2 Å². The van der Waals surface area contributed by atoms with Gasteiger partial charge in [-0.3, -0.25) is 97.5 Å². The number of fused-ring (bicyclic) bond motifs is 2. The van der Waals surface area contributed by atoms with Gasteiger partial charge in [0.05, 0.1) is 52.3 Å². The van der Waals surface area contributed by atoms with Gasteiger partial charge in [-0.1, -0.05) is 91.0 Å². The summed E-state index contributed by atoms with van der Waals surface area (Å²) in [4.78, 5) is 217. The van der Waals surface area contributed by atoms with Crippen molar-refractivity contribution in [3.05, 3.63) is 162 Å². The van der Waals surface area contributed by atoms with Crippen molar-refractivity contribution >= 4 is 116 Å². The van der Waals surface area contributed by atoms with Crippen LogP contribution < -0.4 is 75.3 Å². The SMILES string of the molecule is CNCC(=O)N[C@@H](CCCNC(=N)N)C(=O)N[C@@H](Cc1c[nH]c2ccccc12)C(=O)N[C@@H](CO)C(=O)N[C@@H](Cc1cnc[nH]1)C(=O)N[C@H](CCCNC(=N)N)C(=O)N[C@@H](Cc1c[nH]c2ccccc12)C(=O)N[C@@H](Cc1ccc(C(=O)c2ccccc2)cc1)C(=O)N1CCC[C@H]1C(=O)NCOCCNC(=O)CN1CCN(CC(=O)O)CCN(CC(=O)O)CCN(CC(=O)O)CC1. The van der Waals surface area contributed by atoms with Gasteiger partial charge < -0.3 is 120 Å². The van der Waals surface area contributed by atoms with Crippen molar-refractivity contribution in [2.45, 2.75) is 113 Å². The number of ketones is 1. The first kappa shape index (κ1) is 100.0. The Morgan fingerprint density at radius 2 is 0.931 bits per heavy atom. The molecule has 0 unspecified atom stereocenters. The van der Waals surface area contributed by atoms with Crippen molar-refractivity contribution in [1.82, 2.24) is 108 Å². The molecule has 0 spiro atoms. The van der Waals surface area contributed by atoms with Gasteiger partial charge in [-0.05, 0) is 74.4 Å². The summed E-state index contributed by atoms with van der Waals surface area (Å²) < 4.78 is 5.75. The number of rotatable bonds is 49. The summed E-state index contributed by atoms with van der Waals surface area (Å²) in [7, 11) is 1.53. The van der Waals surface area contributed by atoms with Gasteiger partial charge in [0.15, 0.2) is 17.7 Å². The minimum absolute atomic E-state index is 0.00960. The third-order valence-electron chi connectivity index (χ3n) is 21.9. The Hall–Kier alpha value is -13.8. The molecular formula is C86H117N25O19. The fraction of sp³-hybridized carbons (Fsp3) is 0.453. The van der Waals surface area contributed by atoms with E-state index in [-0.39, 0.29) is 200 Å². The quantitative estimate of drug-likeness (QED) is 0.00564. The number of aliphatic hydroxyl groups is 1. The van der Waals surface area contributed by atoms with Crippen LogP contribution in [-0.2, 0) is 92.7 Å². The number of hydrogen-bond acceptors (Lipinski definition) is 24. The summed E-state index contributed by atoms with van der Waals surface area (Å²) in [5, 5.41) is 89.1. The van der Waals surface area contributed by atoms with Gasteiger partial charge in [-0.2, -0.15) is 0 Å². The van der Waals surface area contributed by atoms with E-state index in [0.29, 0.717) is 56.0 Å². The van der Waals surface area contributed by atoms with Crippen molar-refractivity contribution < 1.29 is 92.3 Å². The van der Waals surface area contributed by atoms with E-state index in [1.54, 1.807) is 135 Å². The molecule has 2 aliphatic rings. The number of benzene rings is 4. The van der Waals surface area contributed by atoms with Crippen molar-refractivity contribution in [2.24, 2.45) is 11.5 Å². The number of para-hydroxylation sites is 2. The third kappa shape index (κ3) is 32.2. The first-order valence-electron chi connectivity index (χ1n) is 42.8. The Kier molecular flexibility index (Phi) is 39.4. The van der Waals surface area contributed by atoms with Gasteiger partial charge in [-0.25, -0.2) is 4.98 Å². The Labute approximate surface area is 748 Å². The molecule has 0 bridgehead atoms. The standard InChI is InChI=1S/C86H117N25O19/c1-91-45-71(113)100-63(18-9-25-94-85(87)88)77(122)102-66(40-57-43-97-62-17-8-6-15-60(57)62)80(125)106-69(50-112)82(127)104-67(41-58-44-92-51-98-58)81(126)101-64(19-10-26-95-86(89)90)78(123)103-65(39-56-42-96-61-16-7-5-14-59(56)61)79(124)105-68(38-53-21-23-55(24-22-53)76(121)54-12-3-2-4-13-54)84(129)111-28-11-20-70(111)83(128)99-52-130-37-27-93-72(114)46-107-29-31-108(47-73(115)116)33-35-110(49-75(119)120)36-34-109(32-30-107)48-74(117)118/h2-8,12-17,21-24,42-44,51,63-70,91,96-97,112H,9-11,18-20,25-41,45-50,52H2,1H3,(H,92,98)(H,93,114)(H,99,128)(H,100,113)(H,101,126)(H,102,122)(H,103,123)(H,104,127)(H,105,124)(H,106,125)(H,115,116)(H,117,118)(H,119,120)(H4,87,88,94)(H4,89,90,95)/t63-,64+,65-,66-,67-,68-,69-,70-/m0/s1. The number of aromatic nitrogens is 4. The summed E-state index contributed by atoms with van der Waals surface area (Å²) in [5.41, 5.74) is 15.1. The van der Waals surface area contributed by atoms with Crippen molar-refractivity contribution in [1.29, 1.82) is 10.8 Å². The molecule has 9 rings (SSSR count). The Morgan fingerprint density at radius 1 is 0.485 bits per heavy atom. The van der Waals surface area contributed by atoms with Gasteiger partial charge in [0.1, 0.15) is 55.1 Å². The second-order valence-electron chi connectivity index (χ2n) is 31.6. The van der Waals surface area contributed by atoms with Gasteiger partial charge in [0.25, 0.3) is 0 Å². The molecule has 10 amide bonds. The molecule has 44 nitrogen and oxygen atoms in total. The first-order chi connectivity index (χ1) is 62.5. The molecule has 2 aliphatic heterocycles. The Morgan fingerprint density at radius 3 is 1.42 bits per heavy atom. The molecule has 4 aromatic carbocycles. The number of aromatic amines is 3. The molecule has 700 valence electrons. The van der Waals surface area contributed by atoms with Crippen LogP contribution in [0.1, 0.15) is 76.8 Å². The van der Waals surface area contributed by atoms with E-state index < -0.39 is 138 Å². The molecule has 3 aromatic heterocycles. The number of aliphatic carboxylic acids is 3. The minimum Gasteiger partial charge on any atom is -0.480 e. The predicted molar refractivity (Wildman–Crippen MR) is 475 cm³/mol. The number of carbonyl (C=O) groups is 14. The maximum atomic E-state index is 15.7. The molecule has 7 aromatic rings. The Balaban J connectivity index is 0.924. The zero-order chi connectivity index (χ0) is 93.6. The lowest BCUT2D eigenvalue weighted by atomic mass is 9.98. The lowest BCUT2D eigenvalue weighted by Gasteiger charge is -2.32. The van der Waals surface area contributed by atoms with Crippen LogP contribution in [0.25, 0.3) is 21.8 Å². The number of carboxylic acid groups (broad SMARTS) is 3. The number of amides is 10. The number of carbonyl (C=O) groups excluding carboxylic acids is 11. The zero-order valence-electron chi connectivity index (χ0n) is 72.2. The van der Waals surface area contributed by atoms with Crippen LogP contribution in [0.4, 0.5) is 0 Å². The molecule has 8 atom stereocenters. The molecule has 2 saturated heterocycles. The molecule has 2 fully saturated rings. The summed E-state index contributed by atoms with van der Waals surface area (Å²) in [6, 6.07) is 17.2. The van der Waals surface area contributed by atoms with Crippen LogP contribution in [0, 0.1) is 10.8 Å². The number of guanidine groups is 2. The summed E-state index contributed by atoms with van der Waals surface area (Å²) >= 11 is 0. The van der Waals surface area contributed by atoms with E-state index in [4.69, 9.17) is 27.0 Å². The highest BCUT2D eigenvalue weighted by Crippen LogP contribution is 2.25. The average Bonchev–Trinajstić information content (AvgIpc) is 1.67.